The molecule has 0 bridgehead atoms. The predicted molar refractivity (Wildman–Crippen MR) is 129 cm³/mol. The minimum absolute atomic E-state index is 0.000723. The van der Waals surface area contributed by atoms with Gasteiger partial charge in [0.15, 0.2) is 0 Å². The van der Waals surface area contributed by atoms with Crippen molar-refractivity contribution in [2.75, 3.05) is 25.1 Å². The lowest BCUT2D eigenvalue weighted by atomic mass is 9.99. The van der Waals surface area contributed by atoms with Gasteiger partial charge in [0.1, 0.15) is 5.75 Å². The van der Waals surface area contributed by atoms with E-state index < -0.39 is 15.9 Å². The van der Waals surface area contributed by atoms with Gasteiger partial charge in [-0.05, 0) is 67.6 Å². The molecule has 2 heterocycles. The molecule has 0 aromatic heterocycles. The van der Waals surface area contributed by atoms with Crippen LogP contribution in [0.15, 0.2) is 47.4 Å². The third-order valence-electron chi connectivity index (χ3n) is 6.62. The van der Waals surface area contributed by atoms with Gasteiger partial charge in [-0.1, -0.05) is 12.1 Å². The van der Waals surface area contributed by atoms with Crippen LogP contribution in [0.5, 0.6) is 5.75 Å². The van der Waals surface area contributed by atoms with Gasteiger partial charge in [0.2, 0.25) is 21.8 Å². The SMILES string of the molecule is COc1ccc(CNC(=O)[C@H]2CCCN(S(=O)(=O)c3ccc4c(c3)C[C@H](C)N4C(C)=O)C2)cc1. The summed E-state index contributed by atoms with van der Waals surface area (Å²) in [6, 6.07) is 12.4. The van der Waals surface area contributed by atoms with Crippen LogP contribution in [0.25, 0.3) is 0 Å². The van der Waals surface area contributed by atoms with E-state index in [-0.39, 0.29) is 29.3 Å². The second-order valence-corrected chi connectivity index (χ2v) is 10.9. The van der Waals surface area contributed by atoms with Crippen LogP contribution in [-0.2, 0) is 32.6 Å². The van der Waals surface area contributed by atoms with E-state index in [0.29, 0.717) is 32.4 Å². The van der Waals surface area contributed by atoms with Crippen LogP contribution in [0, 0.1) is 5.92 Å². The van der Waals surface area contributed by atoms with Gasteiger partial charge in [-0.2, -0.15) is 4.31 Å². The number of carbonyl (C=O) groups is 2. The van der Waals surface area contributed by atoms with Crippen molar-refractivity contribution in [1.29, 1.82) is 0 Å². The Morgan fingerprint density at radius 1 is 1.15 bits per heavy atom. The molecule has 2 aliphatic heterocycles. The van der Waals surface area contributed by atoms with Crippen LogP contribution in [0.4, 0.5) is 5.69 Å². The molecule has 1 N–H and O–H groups in total. The lowest BCUT2D eigenvalue weighted by Gasteiger charge is -2.31. The normalized spacial score (nSPS) is 20.6. The summed E-state index contributed by atoms with van der Waals surface area (Å²) in [6.45, 7) is 4.39. The number of hydrogen-bond acceptors (Lipinski definition) is 5. The van der Waals surface area contributed by atoms with Crippen LogP contribution >= 0.6 is 0 Å². The molecule has 34 heavy (non-hydrogen) atoms. The number of fused-ring (bicyclic) bond motifs is 1. The van der Waals surface area contributed by atoms with Crippen molar-refractivity contribution >= 4 is 27.5 Å². The standard InChI is InChI=1S/C25H31N3O5S/c1-17-13-21-14-23(10-11-24(21)28(17)18(2)29)34(31,32)27-12-4-5-20(16-27)25(30)26-15-19-6-8-22(33-3)9-7-19/h6-11,14,17,20H,4-5,12-13,15-16H2,1-3H3,(H,26,30)/t17-,20-/m0/s1. The van der Waals surface area contributed by atoms with Crippen molar-refractivity contribution in [3.05, 3.63) is 53.6 Å². The number of nitrogens with one attached hydrogen (secondary N) is 1. The third-order valence-corrected chi connectivity index (χ3v) is 8.49. The molecular formula is C25H31N3O5S. The number of rotatable bonds is 6. The number of ether oxygens (including phenoxy) is 1. The fourth-order valence-electron chi connectivity index (χ4n) is 4.85. The molecule has 9 heteroatoms. The van der Waals surface area contributed by atoms with Crippen LogP contribution < -0.4 is 15.0 Å². The molecular weight excluding hydrogens is 454 g/mol. The van der Waals surface area contributed by atoms with Crippen LogP contribution in [0.2, 0.25) is 0 Å². The Bertz CT molecular complexity index is 1180. The molecule has 1 fully saturated rings. The number of sulfonamides is 1. The number of benzene rings is 2. The summed E-state index contributed by atoms with van der Waals surface area (Å²) in [7, 11) is -2.14. The van der Waals surface area contributed by atoms with E-state index in [4.69, 9.17) is 4.74 Å². The molecule has 1 saturated heterocycles. The minimum Gasteiger partial charge on any atom is -0.497 e. The molecule has 0 saturated carbocycles. The first kappa shape index (κ1) is 24.2. The fraction of sp³-hybridized carbons (Fsp3) is 0.440. The summed E-state index contributed by atoms with van der Waals surface area (Å²) < 4.78 is 33.3. The number of nitrogens with zero attached hydrogens (tertiary/aromatic N) is 2. The molecule has 2 aromatic carbocycles. The first-order valence-corrected chi connectivity index (χ1v) is 13.0. The van der Waals surface area contributed by atoms with Gasteiger partial charge in [0.25, 0.3) is 0 Å². The van der Waals surface area contributed by atoms with Gasteiger partial charge in [0.05, 0.1) is 17.9 Å². The maximum Gasteiger partial charge on any atom is 0.243 e. The molecule has 2 aliphatic rings. The second kappa shape index (κ2) is 9.76. The number of hydrogen-bond donors (Lipinski definition) is 1. The Kier molecular flexibility index (Phi) is 6.95. The molecule has 8 nitrogen and oxygen atoms in total. The highest BCUT2D eigenvalue weighted by molar-refractivity contribution is 7.89. The first-order valence-electron chi connectivity index (χ1n) is 11.5. The predicted octanol–water partition coefficient (Wildman–Crippen LogP) is 2.71. The average Bonchev–Trinajstić information content (AvgIpc) is 3.18. The van der Waals surface area contributed by atoms with Crippen molar-refractivity contribution in [1.82, 2.24) is 9.62 Å². The molecule has 182 valence electrons. The van der Waals surface area contributed by atoms with Crippen LogP contribution in [0.3, 0.4) is 0 Å². The zero-order valence-corrected chi connectivity index (χ0v) is 20.6. The third kappa shape index (κ3) is 4.81. The van der Waals surface area contributed by atoms with E-state index in [9.17, 15) is 18.0 Å². The Morgan fingerprint density at radius 3 is 2.56 bits per heavy atom. The number of amides is 2. The molecule has 0 spiro atoms. The van der Waals surface area contributed by atoms with E-state index in [1.807, 2.05) is 31.2 Å². The van der Waals surface area contributed by atoms with Gasteiger partial charge in [-0.15, -0.1) is 0 Å². The van der Waals surface area contributed by atoms with Gasteiger partial charge in [-0.3, -0.25) is 9.59 Å². The first-order chi connectivity index (χ1) is 16.2. The summed E-state index contributed by atoms with van der Waals surface area (Å²) >= 11 is 0. The summed E-state index contributed by atoms with van der Waals surface area (Å²) in [5.74, 6) is 0.152. The fourth-order valence-corrected chi connectivity index (χ4v) is 6.42. The smallest absolute Gasteiger partial charge is 0.243 e. The number of carbonyl (C=O) groups excluding carboxylic acids is 2. The van der Waals surface area contributed by atoms with E-state index in [1.165, 1.54) is 11.2 Å². The Balaban J connectivity index is 1.43. The number of methoxy groups -OCH3 is 1. The molecule has 2 amide bonds. The highest BCUT2D eigenvalue weighted by Crippen LogP contribution is 2.35. The summed E-state index contributed by atoms with van der Waals surface area (Å²) in [4.78, 5) is 26.7. The lowest BCUT2D eigenvalue weighted by Crippen LogP contribution is -2.45. The Morgan fingerprint density at radius 2 is 1.88 bits per heavy atom. The van der Waals surface area contributed by atoms with E-state index in [2.05, 4.69) is 5.32 Å². The van der Waals surface area contributed by atoms with Crippen molar-refractivity contribution in [3.63, 3.8) is 0 Å². The minimum atomic E-state index is -3.74. The topological polar surface area (TPSA) is 96.0 Å². The van der Waals surface area contributed by atoms with E-state index in [0.717, 1.165) is 22.6 Å². The van der Waals surface area contributed by atoms with Crippen molar-refractivity contribution in [2.24, 2.45) is 5.92 Å². The highest BCUT2D eigenvalue weighted by atomic mass is 32.2. The van der Waals surface area contributed by atoms with Gasteiger partial charge < -0.3 is 15.0 Å². The highest BCUT2D eigenvalue weighted by Gasteiger charge is 2.35. The maximum atomic E-state index is 13.4. The number of piperidine rings is 1. The van der Waals surface area contributed by atoms with Crippen molar-refractivity contribution in [2.45, 2.75) is 50.6 Å². The zero-order valence-electron chi connectivity index (χ0n) is 19.8. The molecule has 0 aliphatic carbocycles. The van der Waals surface area contributed by atoms with Crippen molar-refractivity contribution in [3.8, 4) is 5.75 Å². The van der Waals surface area contributed by atoms with Gasteiger partial charge >= 0.3 is 0 Å². The lowest BCUT2D eigenvalue weighted by molar-refractivity contribution is -0.126. The molecule has 2 atom stereocenters. The van der Waals surface area contributed by atoms with Crippen LogP contribution in [0.1, 0.15) is 37.8 Å². The average molecular weight is 486 g/mol. The molecule has 0 radical (unpaired) electrons. The Labute approximate surface area is 200 Å². The quantitative estimate of drug-likeness (QED) is 0.679. The molecule has 0 unspecified atom stereocenters. The summed E-state index contributed by atoms with van der Waals surface area (Å²) in [6.07, 6.45) is 1.89. The summed E-state index contributed by atoms with van der Waals surface area (Å²) in [5, 5.41) is 2.93. The second-order valence-electron chi connectivity index (χ2n) is 9.00. The molecule has 2 aromatic rings. The van der Waals surface area contributed by atoms with E-state index in [1.54, 1.807) is 30.2 Å². The maximum absolute atomic E-state index is 13.4. The van der Waals surface area contributed by atoms with Crippen molar-refractivity contribution < 1.29 is 22.7 Å². The summed E-state index contributed by atoms with van der Waals surface area (Å²) in [5.41, 5.74) is 2.57. The zero-order chi connectivity index (χ0) is 24.5. The van der Waals surface area contributed by atoms with E-state index >= 15 is 0 Å². The van der Waals surface area contributed by atoms with Gasteiger partial charge in [-0.25, -0.2) is 8.42 Å². The van der Waals surface area contributed by atoms with Gasteiger partial charge in [0, 0.05) is 38.3 Å². The molecule has 4 rings (SSSR count). The van der Waals surface area contributed by atoms with Crippen LogP contribution in [-0.4, -0.2) is 50.8 Å². The largest absolute Gasteiger partial charge is 0.497 e. The Hall–Kier alpha value is -2.91. The number of anilines is 1. The monoisotopic (exact) mass is 485 g/mol.